The number of morpholine rings is 1. The van der Waals surface area contributed by atoms with Crippen molar-refractivity contribution in [2.75, 3.05) is 36.8 Å². The Morgan fingerprint density at radius 2 is 1.88 bits per heavy atom. The van der Waals surface area contributed by atoms with Crippen LogP contribution in [0.3, 0.4) is 0 Å². The van der Waals surface area contributed by atoms with Crippen molar-refractivity contribution in [2.24, 2.45) is 0 Å². The van der Waals surface area contributed by atoms with Crippen LogP contribution in [0.25, 0.3) is 0 Å². The minimum absolute atomic E-state index is 0.0162. The molecule has 0 aromatic heterocycles. The van der Waals surface area contributed by atoms with E-state index in [2.05, 4.69) is 4.72 Å². The fourth-order valence-electron chi connectivity index (χ4n) is 2.26. The first kappa shape index (κ1) is 19.5. The molecule has 1 aliphatic rings. The number of halogens is 1. The van der Waals surface area contributed by atoms with Gasteiger partial charge in [-0.2, -0.15) is 4.31 Å². The van der Waals surface area contributed by atoms with E-state index in [1.54, 1.807) is 0 Å². The summed E-state index contributed by atoms with van der Waals surface area (Å²) in [6.07, 6.45) is 1.28. The summed E-state index contributed by atoms with van der Waals surface area (Å²) in [7, 11) is -7.32. The summed E-state index contributed by atoms with van der Waals surface area (Å²) in [4.78, 5) is -0.109. The number of rotatable bonds is 7. The van der Waals surface area contributed by atoms with E-state index in [1.165, 1.54) is 22.5 Å². The second-order valence-electron chi connectivity index (χ2n) is 5.44. The average Bonchev–Trinajstić information content (AvgIpc) is 2.55. The van der Waals surface area contributed by atoms with Crippen molar-refractivity contribution in [2.45, 2.75) is 24.7 Å². The molecule has 0 radical (unpaired) electrons. The van der Waals surface area contributed by atoms with Crippen LogP contribution >= 0.6 is 11.6 Å². The Balaban J connectivity index is 2.28. The van der Waals surface area contributed by atoms with Crippen molar-refractivity contribution in [3.05, 3.63) is 23.2 Å². The standard InChI is InChI=1S/C14H21ClN2O5S2/c1-2-3-10-23(18,19)16-12-4-5-13(15)14(11-12)24(20,21)17-6-8-22-9-7-17/h4-5,11,16H,2-3,6-10H2,1H3. The highest BCUT2D eigenvalue weighted by Gasteiger charge is 2.28. The Hall–Kier alpha value is -0.870. The van der Waals surface area contributed by atoms with Crippen LogP contribution in [0.4, 0.5) is 5.69 Å². The maximum Gasteiger partial charge on any atom is 0.244 e. The quantitative estimate of drug-likeness (QED) is 0.759. The lowest BCUT2D eigenvalue weighted by Gasteiger charge is -2.26. The summed E-state index contributed by atoms with van der Waals surface area (Å²) in [5, 5.41) is 0.0537. The maximum atomic E-state index is 12.7. The largest absolute Gasteiger partial charge is 0.379 e. The highest BCUT2D eigenvalue weighted by Crippen LogP contribution is 2.28. The Morgan fingerprint density at radius 3 is 2.50 bits per heavy atom. The first-order valence-corrected chi connectivity index (χ1v) is 11.1. The lowest BCUT2D eigenvalue weighted by Crippen LogP contribution is -2.40. The van der Waals surface area contributed by atoms with Gasteiger partial charge in [0.05, 0.1) is 24.0 Å². The molecule has 1 aliphatic heterocycles. The van der Waals surface area contributed by atoms with E-state index in [-0.39, 0.29) is 34.4 Å². The minimum Gasteiger partial charge on any atom is -0.379 e. The summed E-state index contributed by atoms with van der Waals surface area (Å²) in [6, 6.07) is 4.09. The van der Waals surface area contributed by atoms with Crippen molar-refractivity contribution in [3.8, 4) is 0 Å². The molecule has 0 unspecified atom stereocenters. The van der Waals surface area contributed by atoms with Gasteiger partial charge in [-0.3, -0.25) is 4.72 Å². The molecule has 0 amide bonds. The Labute approximate surface area is 148 Å². The molecule has 1 fully saturated rings. The molecule has 1 aromatic rings. The third kappa shape index (κ3) is 4.82. The summed E-state index contributed by atoms with van der Waals surface area (Å²) in [5.74, 6) is -0.0162. The lowest BCUT2D eigenvalue weighted by molar-refractivity contribution is 0.0730. The molecular formula is C14H21ClN2O5S2. The van der Waals surface area contributed by atoms with Crippen LogP contribution < -0.4 is 4.72 Å². The highest BCUT2D eigenvalue weighted by atomic mass is 35.5. The van der Waals surface area contributed by atoms with Crippen LogP contribution in [0.2, 0.25) is 5.02 Å². The van der Waals surface area contributed by atoms with Gasteiger partial charge in [-0.05, 0) is 24.6 Å². The SMILES string of the molecule is CCCCS(=O)(=O)Nc1ccc(Cl)c(S(=O)(=O)N2CCOCC2)c1. The molecule has 1 aromatic carbocycles. The van der Waals surface area contributed by atoms with Gasteiger partial charge < -0.3 is 4.74 Å². The van der Waals surface area contributed by atoms with Crippen LogP contribution in [-0.4, -0.2) is 53.2 Å². The summed E-state index contributed by atoms with van der Waals surface area (Å²) < 4.78 is 58.2. The van der Waals surface area contributed by atoms with Crippen LogP contribution in [-0.2, 0) is 24.8 Å². The fourth-order valence-corrected chi connectivity index (χ4v) is 5.42. The zero-order chi connectivity index (χ0) is 17.8. The van der Waals surface area contributed by atoms with Gasteiger partial charge in [0.15, 0.2) is 0 Å². The predicted octanol–water partition coefficient (Wildman–Crippen LogP) is 1.90. The third-order valence-corrected chi connectivity index (χ3v) is 7.31. The Kier molecular flexibility index (Phi) is 6.49. The van der Waals surface area contributed by atoms with Gasteiger partial charge in [-0.25, -0.2) is 16.8 Å². The van der Waals surface area contributed by atoms with Crippen LogP contribution in [0.5, 0.6) is 0 Å². The molecule has 0 spiro atoms. The molecule has 0 aliphatic carbocycles. The molecule has 1 heterocycles. The average molecular weight is 397 g/mol. The van der Waals surface area contributed by atoms with Gasteiger partial charge in [-0.1, -0.05) is 24.9 Å². The number of anilines is 1. The molecular weight excluding hydrogens is 376 g/mol. The molecule has 24 heavy (non-hydrogen) atoms. The number of nitrogens with zero attached hydrogens (tertiary/aromatic N) is 1. The van der Waals surface area contributed by atoms with E-state index in [0.29, 0.717) is 19.6 Å². The zero-order valence-electron chi connectivity index (χ0n) is 13.4. The smallest absolute Gasteiger partial charge is 0.244 e. The van der Waals surface area contributed by atoms with Gasteiger partial charge in [0.25, 0.3) is 0 Å². The number of benzene rings is 1. The number of hydrogen-bond donors (Lipinski definition) is 1. The first-order chi connectivity index (χ1) is 11.3. The van der Waals surface area contributed by atoms with Crippen molar-refractivity contribution >= 4 is 37.3 Å². The number of hydrogen-bond acceptors (Lipinski definition) is 5. The van der Waals surface area contributed by atoms with Gasteiger partial charge in [0, 0.05) is 18.8 Å². The molecule has 1 N–H and O–H groups in total. The van der Waals surface area contributed by atoms with E-state index in [4.69, 9.17) is 16.3 Å². The molecule has 0 atom stereocenters. The molecule has 2 rings (SSSR count). The van der Waals surface area contributed by atoms with E-state index in [9.17, 15) is 16.8 Å². The van der Waals surface area contributed by atoms with Crippen LogP contribution in [0.1, 0.15) is 19.8 Å². The zero-order valence-corrected chi connectivity index (χ0v) is 15.8. The second kappa shape index (κ2) is 8.01. The minimum atomic E-state index is -3.80. The number of sulfonamides is 2. The van der Waals surface area contributed by atoms with Crippen LogP contribution in [0.15, 0.2) is 23.1 Å². The number of unbranched alkanes of at least 4 members (excludes halogenated alkanes) is 1. The van der Waals surface area contributed by atoms with E-state index in [0.717, 1.165) is 6.42 Å². The Morgan fingerprint density at radius 1 is 1.21 bits per heavy atom. The highest BCUT2D eigenvalue weighted by molar-refractivity contribution is 7.92. The Bertz CT molecular complexity index is 774. The molecule has 0 saturated carbocycles. The van der Waals surface area contributed by atoms with Crippen molar-refractivity contribution in [3.63, 3.8) is 0 Å². The number of ether oxygens (including phenoxy) is 1. The van der Waals surface area contributed by atoms with Crippen molar-refractivity contribution in [1.82, 2.24) is 4.31 Å². The third-order valence-electron chi connectivity index (χ3n) is 3.56. The fraction of sp³-hybridized carbons (Fsp3) is 0.571. The van der Waals surface area contributed by atoms with Gasteiger partial charge in [0.2, 0.25) is 20.0 Å². The topological polar surface area (TPSA) is 92.8 Å². The van der Waals surface area contributed by atoms with E-state index < -0.39 is 20.0 Å². The van der Waals surface area contributed by atoms with E-state index >= 15 is 0 Å². The lowest BCUT2D eigenvalue weighted by atomic mass is 10.3. The van der Waals surface area contributed by atoms with Crippen molar-refractivity contribution < 1.29 is 21.6 Å². The summed E-state index contributed by atoms with van der Waals surface area (Å²) >= 11 is 6.04. The predicted molar refractivity (Wildman–Crippen MR) is 93.3 cm³/mol. The number of nitrogens with one attached hydrogen (secondary N) is 1. The second-order valence-corrected chi connectivity index (χ2v) is 9.59. The summed E-state index contributed by atoms with van der Waals surface area (Å²) in [5.41, 5.74) is 0.183. The maximum absolute atomic E-state index is 12.7. The van der Waals surface area contributed by atoms with Gasteiger partial charge >= 0.3 is 0 Å². The normalized spacial score (nSPS) is 16.9. The summed E-state index contributed by atoms with van der Waals surface area (Å²) in [6.45, 7) is 3.02. The monoisotopic (exact) mass is 396 g/mol. The molecule has 1 saturated heterocycles. The molecule has 10 heteroatoms. The molecule has 0 bridgehead atoms. The molecule has 136 valence electrons. The van der Waals surface area contributed by atoms with Crippen molar-refractivity contribution in [1.29, 1.82) is 0 Å². The first-order valence-electron chi connectivity index (χ1n) is 7.64. The van der Waals surface area contributed by atoms with Gasteiger partial charge in [-0.15, -0.1) is 0 Å². The van der Waals surface area contributed by atoms with Gasteiger partial charge in [0.1, 0.15) is 4.90 Å². The van der Waals surface area contributed by atoms with E-state index in [1.807, 2.05) is 6.92 Å². The molecule has 7 nitrogen and oxygen atoms in total. The van der Waals surface area contributed by atoms with Crippen LogP contribution in [0, 0.1) is 0 Å².